The summed E-state index contributed by atoms with van der Waals surface area (Å²) >= 11 is 1.23. The number of benzene rings is 2. The van der Waals surface area contributed by atoms with Gasteiger partial charge in [-0.3, -0.25) is 4.79 Å². The zero-order valence-electron chi connectivity index (χ0n) is 14.4. The molecule has 1 amide bonds. The van der Waals surface area contributed by atoms with Gasteiger partial charge in [0, 0.05) is 23.9 Å². The maximum atomic E-state index is 13.6. The molecule has 27 heavy (non-hydrogen) atoms. The first-order valence-corrected chi connectivity index (χ1v) is 8.78. The molecular formula is C19H15F3N2O2S. The zero-order valence-corrected chi connectivity index (χ0v) is 15.2. The number of rotatable bonds is 5. The molecule has 1 heterocycles. The molecule has 1 atom stereocenters. The van der Waals surface area contributed by atoms with Gasteiger partial charge in [-0.1, -0.05) is 6.07 Å². The maximum Gasteiger partial charge on any atom is 0.217 e. The molecule has 0 saturated carbocycles. The van der Waals surface area contributed by atoms with Crippen molar-refractivity contribution >= 4 is 17.2 Å². The van der Waals surface area contributed by atoms with Crippen molar-refractivity contribution in [2.75, 3.05) is 7.11 Å². The van der Waals surface area contributed by atoms with E-state index in [2.05, 4.69) is 10.3 Å². The van der Waals surface area contributed by atoms with E-state index in [1.165, 1.54) is 49.6 Å². The van der Waals surface area contributed by atoms with Gasteiger partial charge in [0.05, 0.1) is 12.8 Å². The van der Waals surface area contributed by atoms with Crippen LogP contribution in [-0.4, -0.2) is 18.0 Å². The number of carbonyl (C=O) groups is 1. The molecule has 3 aromatic rings. The van der Waals surface area contributed by atoms with Gasteiger partial charge in [-0.05, 0) is 29.8 Å². The van der Waals surface area contributed by atoms with E-state index >= 15 is 0 Å². The third-order valence-electron chi connectivity index (χ3n) is 3.83. The van der Waals surface area contributed by atoms with E-state index in [4.69, 9.17) is 4.74 Å². The Morgan fingerprint density at radius 3 is 2.59 bits per heavy atom. The van der Waals surface area contributed by atoms with Gasteiger partial charge >= 0.3 is 0 Å². The Morgan fingerprint density at radius 1 is 1.15 bits per heavy atom. The maximum absolute atomic E-state index is 13.6. The molecule has 0 radical (unpaired) electrons. The minimum Gasteiger partial charge on any atom is -0.496 e. The summed E-state index contributed by atoms with van der Waals surface area (Å²) < 4.78 is 45.5. The van der Waals surface area contributed by atoms with E-state index in [0.29, 0.717) is 27.6 Å². The fourth-order valence-electron chi connectivity index (χ4n) is 2.60. The highest BCUT2D eigenvalue weighted by molar-refractivity contribution is 7.10. The highest BCUT2D eigenvalue weighted by atomic mass is 32.1. The summed E-state index contributed by atoms with van der Waals surface area (Å²) in [4.78, 5) is 16.1. The van der Waals surface area contributed by atoms with E-state index in [9.17, 15) is 18.0 Å². The number of hydrogen-bond donors (Lipinski definition) is 1. The van der Waals surface area contributed by atoms with Gasteiger partial charge in [0.2, 0.25) is 5.91 Å². The Labute approximate surface area is 157 Å². The SMILES string of the molecule is COc1cc(F)ccc1-c1csc(C(NC(C)=O)c2ccc(F)c(F)c2)n1. The van der Waals surface area contributed by atoms with Crippen LogP contribution in [0.1, 0.15) is 23.5 Å². The van der Waals surface area contributed by atoms with Crippen LogP contribution in [0.2, 0.25) is 0 Å². The molecule has 0 aliphatic carbocycles. The number of ether oxygens (including phenoxy) is 1. The lowest BCUT2D eigenvalue weighted by atomic mass is 10.1. The van der Waals surface area contributed by atoms with Crippen molar-refractivity contribution in [1.82, 2.24) is 10.3 Å². The lowest BCUT2D eigenvalue weighted by Crippen LogP contribution is -2.27. The highest BCUT2D eigenvalue weighted by Gasteiger charge is 2.21. The lowest BCUT2D eigenvalue weighted by molar-refractivity contribution is -0.119. The quantitative estimate of drug-likeness (QED) is 0.697. The second-order valence-electron chi connectivity index (χ2n) is 5.72. The molecule has 1 N–H and O–H groups in total. The summed E-state index contributed by atoms with van der Waals surface area (Å²) in [6.45, 7) is 1.32. The predicted octanol–water partition coefficient (Wildman–Crippen LogP) is 4.46. The number of nitrogens with zero attached hydrogens (tertiary/aromatic N) is 1. The second kappa shape index (κ2) is 7.79. The Balaban J connectivity index is 2.02. The van der Waals surface area contributed by atoms with Gasteiger partial charge in [0.25, 0.3) is 0 Å². The minimum absolute atomic E-state index is 0.316. The molecule has 0 spiro atoms. The molecule has 140 valence electrons. The molecule has 8 heteroatoms. The van der Waals surface area contributed by atoms with Crippen LogP contribution in [0, 0.1) is 17.5 Å². The van der Waals surface area contributed by atoms with Crippen molar-refractivity contribution < 1.29 is 22.7 Å². The molecule has 1 unspecified atom stereocenters. The molecule has 0 aliphatic heterocycles. The Morgan fingerprint density at radius 2 is 1.93 bits per heavy atom. The smallest absolute Gasteiger partial charge is 0.217 e. The van der Waals surface area contributed by atoms with Crippen molar-refractivity contribution in [3.8, 4) is 17.0 Å². The Bertz CT molecular complexity index is 991. The summed E-state index contributed by atoms with van der Waals surface area (Å²) in [7, 11) is 1.42. The normalized spacial score (nSPS) is 11.9. The van der Waals surface area contributed by atoms with Crippen molar-refractivity contribution in [3.05, 3.63) is 69.8 Å². The standard InChI is InChI=1S/C19H15F3N2O2S/c1-10(25)23-18(11-3-6-14(21)15(22)7-11)19-24-16(9-27-19)13-5-4-12(20)8-17(13)26-2/h3-9,18H,1-2H3,(H,23,25). The molecule has 0 saturated heterocycles. The topological polar surface area (TPSA) is 51.2 Å². The predicted molar refractivity (Wildman–Crippen MR) is 96.1 cm³/mol. The lowest BCUT2D eigenvalue weighted by Gasteiger charge is -2.16. The number of aromatic nitrogens is 1. The third kappa shape index (κ3) is 4.11. The Kier molecular flexibility index (Phi) is 5.46. The van der Waals surface area contributed by atoms with E-state index in [0.717, 1.165) is 12.1 Å². The van der Waals surface area contributed by atoms with Crippen LogP contribution in [0.25, 0.3) is 11.3 Å². The third-order valence-corrected chi connectivity index (χ3v) is 4.74. The van der Waals surface area contributed by atoms with Gasteiger partial charge < -0.3 is 10.1 Å². The van der Waals surface area contributed by atoms with Crippen LogP contribution in [0.3, 0.4) is 0 Å². The summed E-state index contributed by atoms with van der Waals surface area (Å²) in [5.74, 6) is -2.46. The number of thiazole rings is 1. The molecule has 4 nitrogen and oxygen atoms in total. The molecule has 0 bridgehead atoms. The fraction of sp³-hybridized carbons (Fsp3) is 0.158. The van der Waals surface area contributed by atoms with Crippen LogP contribution in [0.5, 0.6) is 5.75 Å². The highest BCUT2D eigenvalue weighted by Crippen LogP contribution is 2.34. The van der Waals surface area contributed by atoms with Crippen molar-refractivity contribution in [3.63, 3.8) is 0 Å². The van der Waals surface area contributed by atoms with Gasteiger partial charge in [0.1, 0.15) is 22.6 Å². The van der Waals surface area contributed by atoms with Crippen LogP contribution >= 0.6 is 11.3 Å². The number of hydrogen-bond acceptors (Lipinski definition) is 4. The fourth-order valence-corrected chi connectivity index (χ4v) is 3.50. The van der Waals surface area contributed by atoms with E-state index in [1.807, 2.05) is 0 Å². The average Bonchev–Trinajstić information content (AvgIpc) is 3.11. The minimum atomic E-state index is -1.01. The second-order valence-corrected chi connectivity index (χ2v) is 6.61. The van der Waals surface area contributed by atoms with Crippen LogP contribution in [0.4, 0.5) is 13.2 Å². The van der Waals surface area contributed by atoms with Crippen LogP contribution in [0.15, 0.2) is 41.8 Å². The molecule has 1 aromatic heterocycles. The van der Waals surface area contributed by atoms with E-state index < -0.39 is 23.5 Å². The Hall–Kier alpha value is -2.87. The number of amides is 1. The number of nitrogens with one attached hydrogen (secondary N) is 1. The first kappa shape index (κ1) is 18.9. The van der Waals surface area contributed by atoms with Gasteiger partial charge in [0.15, 0.2) is 11.6 Å². The largest absolute Gasteiger partial charge is 0.496 e. The molecule has 0 fully saturated rings. The first-order chi connectivity index (χ1) is 12.9. The van der Waals surface area contributed by atoms with Crippen molar-refractivity contribution in [1.29, 1.82) is 0 Å². The number of halogens is 3. The van der Waals surface area contributed by atoms with E-state index in [1.54, 1.807) is 5.38 Å². The van der Waals surface area contributed by atoms with Gasteiger partial charge in [-0.2, -0.15) is 0 Å². The van der Waals surface area contributed by atoms with Crippen LogP contribution in [-0.2, 0) is 4.79 Å². The first-order valence-electron chi connectivity index (χ1n) is 7.90. The zero-order chi connectivity index (χ0) is 19.6. The van der Waals surface area contributed by atoms with Crippen LogP contribution < -0.4 is 10.1 Å². The van der Waals surface area contributed by atoms with Crippen molar-refractivity contribution in [2.24, 2.45) is 0 Å². The van der Waals surface area contributed by atoms with E-state index in [-0.39, 0.29) is 5.91 Å². The molecule has 0 aliphatic rings. The monoisotopic (exact) mass is 392 g/mol. The summed E-state index contributed by atoms with van der Waals surface area (Å²) in [6.07, 6.45) is 0. The van der Waals surface area contributed by atoms with Crippen molar-refractivity contribution in [2.45, 2.75) is 13.0 Å². The van der Waals surface area contributed by atoms with Gasteiger partial charge in [-0.25, -0.2) is 18.2 Å². The number of carbonyl (C=O) groups excluding carboxylic acids is 1. The number of methoxy groups -OCH3 is 1. The molecular weight excluding hydrogens is 377 g/mol. The average molecular weight is 392 g/mol. The summed E-state index contributed by atoms with van der Waals surface area (Å²) in [5.41, 5.74) is 1.45. The summed E-state index contributed by atoms with van der Waals surface area (Å²) in [6, 6.07) is 6.73. The summed E-state index contributed by atoms with van der Waals surface area (Å²) in [5, 5.41) is 4.88. The molecule has 3 rings (SSSR count). The molecule has 2 aromatic carbocycles. The van der Waals surface area contributed by atoms with Gasteiger partial charge in [-0.15, -0.1) is 11.3 Å².